The van der Waals surface area contributed by atoms with Crippen molar-refractivity contribution >= 4 is 10.9 Å². The number of methoxy groups -OCH3 is 1. The quantitative estimate of drug-likeness (QED) is 0.854. The first-order valence-corrected chi connectivity index (χ1v) is 5.26. The maximum absolute atomic E-state index is 6.19. The Morgan fingerprint density at radius 3 is 2.94 bits per heavy atom. The largest absolute Gasteiger partial charge is 0.382 e. The summed E-state index contributed by atoms with van der Waals surface area (Å²) in [6, 6.07) is 10.1. The molecule has 0 aliphatic carbocycles. The lowest BCUT2D eigenvalue weighted by atomic mass is 9.93. The fraction of sp³-hybridized carbons (Fsp3) is 0.308. The lowest BCUT2D eigenvalue weighted by Gasteiger charge is -2.24. The molecule has 16 heavy (non-hydrogen) atoms. The van der Waals surface area contributed by atoms with Crippen molar-refractivity contribution in [3.63, 3.8) is 0 Å². The van der Waals surface area contributed by atoms with E-state index in [1.54, 1.807) is 13.3 Å². The van der Waals surface area contributed by atoms with Gasteiger partial charge < -0.3 is 10.5 Å². The van der Waals surface area contributed by atoms with Crippen molar-refractivity contribution in [2.75, 3.05) is 13.7 Å². The number of fused-ring (bicyclic) bond motifs is 1. The Hall–Kier alpha value is -1.45. The van der Waals surface area contributed by atoms with Crippen LogP contribution in [0.5, 0.6) is 0 Å². The van der Waals surface area contributed by atoms with Crippen LogP contribution in [-0.2, 0) is 10.3 Å². The Morgan fingerprint density at radius 2 is 2.19 bits per heavy atom. The number of ether oxygens (including phenoxy) is 1. The van der Waals surface area contributed by atoms with Crippen molar-refractivity contribution in [2.45, 2.75) is 12.5 Å². The van der Waals surface area contributed by atoms with Crippen molar-refractivity contribution in [3.05, 3.63) is 42.1 Å². The molecule has 0 aliphatic heterocycles. The zero-order chi connectivity index (χ0) is 11.6. The van der Waals surface area contributed by atoms with Gasteiger partial charge in [0.05, 0.1) is 17.7 Å². The van der Waals surface area contributed by atoms with Gasteiger partial charge in [0.2, 0.25) is 0 Å². The molecule has 0 bridgehead atoms. The second-order valence-electron chi connectivity index (χ2n) is 4.26. The lowest BCUT2D eigenvalue weighted by Crippen LogP contribution is -2.37. The van der Waals surface area contributed by atoms with Gasteiger partial charge in [0.25, 0.3) is 0 Å². The molecular weight excluding hydrogens is 200 g/mol. The Kier molecular flexibility index (Phi) is 2.90. The van der Waals surface area contributed by atoms with Gasteiger partial charge >= 0.3 is 0 Å². The second kappa shape index (κ2) is 4.20. The van der Waals surface area contributed by atoms with Crippen LogP contribution in [0.25, 0.3) is 10.9 Å². The van der Waals surface area contributed by atoms with E-state index in [4.69, 9.17) is 10.5 Å². The molecule has 3 nitrogen and oxygen atoms in total. The van der Waals surface area contributed by atoms with E-state index in [1.807, 2.05) is 37.3 Å². The maximum atomic E-state index is 6.19. The van der Waals surface area contributed by atoms with E-state index in [2.05, 4.69) is 4.98 Å². The smallest absolute Gasteiger partial charge is 0.0705 e. The first-order chi connectivity index (χ1) is 7.63. The molecule has 1 unspecified atom stereocenters. The molecule has 0 saturated heterocycles. The molecular formula is C13H16N2O. The third-order valence-corrected chi connectivity index (χ3v) is 2.71. The van der Waals surface area contributed by atoms with E-state index in [-0.39, 0.29) is 0 Å². The number of nitrogens with zero attached hydrogens (tertiary/aromatic N) is 1. The Balaban J connectivity index is 2.46. The molecule has 0 spiro atoms. The minimum absolute atomic E-state index is 0.472. The summed E-state index contributed by atoms with van der Waals surface area (Å²) >= 11 is 0. The highest BCUT2D eigenvalue weighted by Gasteiger charge is 2.21. The highest BCUT2D eigenvalue weighted by Crippen LogP contribution is 2.22. The normalized spacial score (nSPS) is 14.9. The van der Waals surface area contributed by atoms with Gasteiger partial charge in [-0.1, -0.05) is 18.2 Å². The van der Waals surface area contributed by atoms with Crippen molar-refractivity contribution in [2.24, 2.45) is 5.73 Å². The molecule has 1 atom stereocenters. The number of nitrogens with two attached hydrogens (primary N) is 1. The van der Waals surface area contributed by atoms with Gasteiger partial charge in [0.1, 0.15) is 0 Å². The van der Waals surface area contributed by atoms with Gasteiger partial charge in [-0.15, -0.1) is 0 Å². The zero-order valence-electron chi connectivity index (χ0n) is 9.60. The zero-order valence-corrected chi connectivity index (χ0v) is 9.60. The highest BCUT2D eigenvalue weighted by molar-refractivity contribution is 5.79. The van der Waals surface area contributed by atoms with Gasteiger partial charge in [-0.05, 0) is 24.6 Å². The van der Waals surface area contributed by atoms with Crippen LogP contribution in [0.3, 0.4) is 0 Å². The van der Waals surface area contributed by atoms with E-state index < -0.39 is 5.54 Å². The predicted molar refractivity (Wildman–Crippen MR) is 65.2 cm³/mol. The van der Waals surface area contributed by atoms with E-state index in [0.29, 0.717) is 6.61 Å². The van der Waals surface area contributed by atoms with Crippen LogP contribution >= 0.6 is 0 Å². The third-order valence-electron chi connectivity index (χ3n) is 2.71. The van der Waals surface area contributed by atoms with Crippen LogP contribution in [0.4, 0.5) is 0 Å². The minimum atomic E-state index is -0.472. The fourth-order valence-corrected chi connectivity index (χ4v) is 1.80. The third kappa shape index (κ3) is 2.05. The Labute approximate surface area is 95.2 Å². The lowest BCUT2D eigenvalue weighted by molar-refractivity contribution is 0.141. The van der Waals surface area contributed by atoms with E-state index in [1.165, 1.54) is 0 Å². The fourth-order valence-electron chi connectivity index (χ4n) is 1.80. The van der Waals surface area contributed by atoms with Gasteiger partial charge in [-0.2, -0.15) is 0 Å². The average molecular weight is 216 g/mol. The van der Waals surface area contributed by atoms with Crippen molar-refractivity contribution in [1.29, 1.82) is 0 Å². The molecule has 0 saturated carbocycles. The summed E-state index contributed by atoms with van der Waals surface area (Å²) in [6.07, 6.45) is 1.79. The Bertz CT molecular complexity index is 494. The van der Waals surface area contributed by atoms with Crippen molar-refractivity contribution in [1.82, 2.24) is 4.98 Å². The van der Waals surface area contributed by atoms with Crippen LogP contribution in [0.2, 0.25) is 0 Å². The summed E-state index contributed by atoms with van der Waals surface area (Å²) in [5, 5.41) is 1.12. The SMILES string of the molecule is COCC(C)(N)c1ccc2cccnc2c1. The van der Waals surface area contributed by atoms with Crippen LogP contribution in [0.15, 0.2) is 36.5 Å². The molecule has 1 heterocycles. The van der Waals surface area contributed by atoms with Crippen LogP contribution in [0, 0.1) is 0 Å². The van der Waals surface area contributed by atoms with E-state index >= 15 is 0 Å². The summed E-state index contributed by atoms with van der Waals surface area (Å²) in [5.74, 6) is 0. The summed E-state index contributed by atoms with van der Waals surface area (Å²) in [7, 11) is 1.66. The monoisotopic (exact) mass is 216 g/mol. The Morgan fingerprint density at radius 1 is 1.38 bits per heavy atom. The van der Waals surface area contributed by atoms with Crippen molar-refractivity contribution < 1.29 is 4.74 Å². The van der Waals surface area contributed by atoms with Crippen molar-refractivity contribution in [3.8, 4) is 0 Å². The minimum Gasteiger partial charge on any atom is -0.382 e. The predicted octanol–water partition coefficient (Wildman–Crippen LogP) is 2.06. The highest BCUT2D eigenvalue weighted by atomic mass is 16.5. The van der Waals surface area contributed by atoms with Crippen LogP contribution in [-0.4, -0.2) is 18.7 Å². The number of rotatable bonds is 3. The number of pyridine rings is 1. The number of aromatic nitrogens is 1. The molecule has 84 valence electrons. The molecule has 1 aromatic carbocycles. The topological polar surface area (TPSA) is 48.1 Å². The van der Waals surface area contributed by atoms with Gasteiger partial charge in [-0.25, -0.2) is 0 Å². The molecule has 0 aliphatic rings. The summed E-state index contributed by atoms with van der Waals surface area (Å²) in [4.78, 5) is 4.32. The summed E-state index contributed by atoms with van der Waals surface area (Å²) < 4.78 is 5.13. The number of hydrogen-bond acceptors (Lipinski definition) is 3. The average Bonchev–Trinajstić information content (AvgIpc) is 2.28. The first-order valence-electron chi connectivity index (χ1n) is 5.26. The first kappa shape index (κ1) is 11.0. The molecule has 0 radical (unpaired) electrons. The van der Waals surface area contributed by atoms with E-state index in [9.17, 15) is 0 Å². The summed E-state index contributed by atoms with van der Waals surface area (Å²) in [5.41, 5.74) is 7.72. The molecule has 0 amide bonds. The molecule has 2 N–H and O–H groups in total. The molecule has 0 fully saturated rings. The van der Waals surface area contributed by atoms with Gasteiger partial charge in [0, 0.05) is 18.7 Å². The molecule has 2 rings (SSSR count). The molecule has 2 aromatic rings. The molecule has 3 heteroatoms. The summed E-state index contributed by atoms with van der Waals surface area (Å²) in [6.45, 7) is 2.45. The number of benzene rings is 1. The maximum Gasteiger partial charge on any atom is 0.0705 e. The van der Waals surface area contributed by atoms with Gasteiger partial charge in [0.15, 0.2) is 0 Å². The second-order valence-corrected chi connectivity index (χ2v) is 4.26. The van der Waals surface area contributed by atoms with Crippen LogP contribution in [0.1, 0.15) is 12.5 Å². The van der Waals surface area contributed by atoms with Gasteiger partial charge in [-0.3, -0.25) is 4.98 Å². The van der Waals surface area contributed by atoms with Crippen LogP contribution < -0.4 is 5.73 Å². The molecule has 1 aromatic heterocycles. The standard InChI is InChI=1S/C13H16N2O/c1-13(14,9-16-2)11-6-5-10-4-3-7-15-12(10)8-11/h3-8H,9,14H2,1-2H3. The van der Waals surface area contributed by atoms with E-state index in [0.717, 1.165) is 16.5 Å². The number of hydrogen-bond donors (Lipinski definition) is 1.